The zero-order valence-electron chi connectivity index (χ0n) is 9.50. The first kappa shape index (κ1) is 10.3. The van der Waals surface area contributed by atoms with Crippen LogP contribution < -0.4 is 5.32 Å². The molecule has 1 aliphatic rings. The first-order valence-corrected chi connectivity index (χ1v) is 5.68. The number of rotatable bonds is 2. The topological polar surface area (TPSA) is 76.7 Å². The van der Waals surface area contributed by atoms with Crippen LogP contribution in [0.3, 0.4) is 0 Å². The molecule has 1 aliphatic heterocycles. The molecule has 1 N–H and O–H groups in total. The van der Waals surface area contributed by atoms with Crippen molar-refractivity contribution in [2.45, 2.75) is 19.4 Å². The van der Waals surface area contributed by atoms with Crippen molar-refractivity contribution in [1.29, 1.82) is 0 Å². The van der Waals surface area contributed by atoms with Crippen LogP contribution >= 0.6 is 0 Å². The van der Waals surface area contributed by atoms with Crippen molar-refractivity contribution >= 4 is 0 Å². The van der Waals surface area contributed by atoms with Crippen LogP contribution in [0.15, 0.2) is 23.1 Å². The summed E-state index contributed by atoms with van der Waals surface area (Å²) in [5.74, 6) is 1.65. The van der Waals surface area contributed by atoms with E-state index in [2.05, 4.69) is 32.3 Å². The van der Waals surface area contributed by atoms with Gasteiger partial charge >= 0.3 is 0 Å². The average Bonchev–Trinajstić information content (AvgIpc) is 2.98. The summed E-state index contributed by atoms with van der Waals surface area (Å²) in [5.41, 5.74) is 0.633. The summed E-state index contributed by atoms with van der Waals surface area (Å²) in [6.45, 7) is 3.17. The number of hydrogen-bond donors (Lipinski definition) is 1. The Bertz CT molecular complexity index is 498. The number of nitrogens with zero attached hydrogens (tertiary/aromatic N) is 4. The van der Waals surface area contributed by atoms with Gasteiger partial charge in [0, 0.05) is 12.4 Å². The highest BCUT2D eigenvalue weighted by Gasteiger charge is 2.29. The lowest BCUT2D eigenvalue weighted by molar-refractivity contribution is 0.319. The van der Waals surface area contributed by atoms with Crippen molar-refractivity contribution in [1.82, 2.24) is 25.4 Å². The van der Waals surface area contributed by atoms with Crippen LogP contribution in [-0.4, -0.2) is 26.7 Å². The highest BCUT2D eigenvalue weighted by atomic mass is 16.5. The molecular weight excluding hydrogens is 218 g/mol. The van der Waals surface area contributed by atoms with Crippen molar-refractivity contribution in [3.8, 4) is 11.5 Å². The summed E-state index contributed by atoms with van der Waals surface area (Å²) in [6, 6.07) is 0.160. The second kappa shape index (κ2) is 4.21. The molecule has 0 aromatic carbocycles. The zero-order chi connectivity index (χ0) is 11.7. The van der Waals surface area contributed by atoms with E-state index in [-0.39, 0.29) is 6.04 Å². The molecule has 0 spiro atoms. The summed E-state index contributed by atoms with van der Waals surface area (Å²) in [5, 5.41) is 7.29. The van der Waals surface area contributed by atoms with Gasteiger partial charge in [-0.3, -0.25) is 4.98 Å². The van der Waals surface area contributed by atoms with Gasteiger partial charge in [-0.15, -0.1) is 0 Å². The summed E-state index contributed by atoms with van der Waals surface area (Å²) >= 11 is 0. The molecule has 3 rings (SSSR count). The van der Waals surface area contributed by atoms with Gasteiger partial charge in [0.15, 0.2) is 0 Å². The fourth-order valence-electron chi connectivity index (χ4n) is 2.05. The van der Waals surface area contributed by atoms with Crippen LogP contribution in [0.4, 0.5) is 0 Å². The van der Waals surface area contributed by atoms with Gasteiger partial charge in [-0.05, 0) is 18.9 Å². The van der Waals surface area contributed by atoms with Gasteiger partial charge in [-0.1, -0.05) is 12.1 Å². The normalized spacial score (nSPS) is 24.1. The highest BCUT2D eigenvalue weighted by molar-refractivity contribution is 5.45. The Hall–Kier alpha value is -1.82. The van der Waals surface area contributed by atoms with E-state index in [9.17, 15) is 0 Å². The van der Waals surface area contributed by atoms with Gasteiger partial charge < -0.3 is 9.84 Å². The second-order valence-electron chi connectivity index (χ2n) is 4.24. The second-order valence-corrected chi connectivity index (χ2v) is 4.24. The maximum Gasteiger partial charge on any atom is 0.244 e. The Morgan fingerprint density at radius 2 is 2.35 bits per heavy atom. The van der Waals surface area contributed by atoms with E-state index >= 15 is 0 Å². The van der Waals surface area contributed by atoms with Gasteiger partial charge in [0.05, 0.1) is 12.2 Å². The van der Waals surface area contributed by atoms with Crippen LogP contribution in [0.5, 0.6) is 0 Å². The molecule has 0 saturated carbocycles. The van der Waals surface area contributed by atoms with E-state index in [1.165, 1.54) is 0 Å². The van der Waals surface area contributed by atoms with E-state index < -0.39 is 0 Å². The predicted molar refractivity (Wildman–Crippen MR) is 59.8 cm³/mol. The molecule has 3 heterocycles. The predicted octanol–water partition coefficient (Wildman–Crippen LogP) is 1.20. The van der Waals surface area contributed by atoms with E-state index in [1.807, 2.05) is 0 Å². The van der Waals surface area contributed by atoms with Crippen LogP contribution in [0.1, 0.15) is 25.3 Å². The van der Waals surface area contributed by atoms with E-state index in [4.69, 9.17) is 4.52 Å². The molecule has 0 bridgehead atoms. The van der Waals surface area contributed by atoms with Gasteiger partial charge in [-0.2, -0.15) is 4.98 Å². The lowest BCUT2D eigenvalue weighted by Gasteiger charge is -2.08. The van der Waals surface area contributed by atoms with Gasteiger partial charge in [-0.25, -0.2) is 4.98 Å². The average molecular weight is 231 g/mol. The van der Waals surface area contributed by atoms with Crippen LogP contribution in [-0.2, 0) is 0 Å². The summed E-state index contributed by atoms with van der Waals surface area (Å²) < 4.78 is 5.28. The quantitative estimate of drug-likeness (QED) is 0.836. The van der Waals surface area contributed by atoms with E-state index in [0.29, 0.717) is 23.3 Å². The molecule has 0 aliphatic carbocycles. The smallest absolute Gasteiger partial charge is 0.244 e. The van der Waals surface area contributed by atoms with Crippen LogP contribution in [0.25, 0.3) is 11.5 Å². The fraction of sp³-hybridized carbons (Fsp3) is 0.455. The maximum absolute atomic E-state index is 5.28. The Morgan fingerprint density at radius 3 is 3.06 bits per heavy atom. The monoisotopic (exact) mass is 231 g/mol. The Morgan fingerprint density at radius 1 is 1.41 bits per heavy atom. The Kier molecular flexibility index (Phi) is 2.56. The summed E-state index contributed by atoms with van der Waals surface area (Å²) in [4.78, 5) is 12.5. The number of aromatic nitrogens is 4. The van der Waals surface area contributed by atoms with Crippen molar-refractivity contribution in [3.05, 3.63) is 24.5 Å². The van der Waals surface area contributed by atoms with E-state index in [0.717, 1.165) is 13.0 Å². The Balaban J connectivity index is 1.88. The van der Waals surface area contributed by atoms with Gasteiger partial charge in [0.2, 0.25) is 11.7 Å². The first-order valence-electron chi connectivity index (χ1n) is 5.68. The minimum atomic E-state index is 0.160. The molecule has 2 unspecified atom stereocenters. The molecule has 2 aromatic heterocycles. The SMILES string of the molecule is CC1CCNC1c1nc(-c2cnccn2)no1. The van der Waals surface area contributed by atoms with Crippen LogP contribution in [0.2, 0.25) is 0 Å². The standard InChI is InChI=1S/C11H13N5O/c1-7-2-3-14-9(7)11-15-10(16-17-11)8-6-12-4-5-13-8/h4-7,9,14H,2-3H2,1H3. The maximum atomic E-state index is 5.28. The zero-order valence-corrected chi connectivity index (χ0v) is 9.50. The minimum Gasteiger partial charge on any atom is -0.337 e. The molecule has 2 aromatic rings. The Labute approximate surface area is 98.5 Å². The summed E-state index contributed by atoms with van der Waals surface area (Å²) in [7, 11) is 0. The van der Waals surface area contributed by atoms with Gasteiger partial charge in [0.1, 0.15) is 5.69 Å². The third-order valence-corrected chi connectivity index (χ3v) is 3.03. The van der Waals surface area contributed by atoms with Crippen molar-refractivity contribution in [2.24, 2.45) is 5.92 Å². The first-order chi connectivity index (χ1) is 8.34. The molecule has 2 atom stereocenters. The third-order valence-electron chi connectivity index (χ3n) is 3.03. The molecule has 6 nitrogen and oxygen atoms in total. The fourth-order valence-corrected chi connectivity index (χ4v) is 2.05. The lowest BCUT2D eigenvalue weighted by atomic mass is 10.0. The molecule has 0 radical (unpaired) electrons. The molecule has 1 saturated heterocycles. The van der Waals surface area contributed by atoms with Crippen LogP contribution in [0, 0.1) is 5.92 Å². The highest BCUT2D eigenvalue weighted by Crippen LogP contribution is 2.28. The van der Waals surface area contributed by atoms with Crippen molar-refractivity contribution < 1.29 is 4.52 Å². The summed E-state index contributed by atoms with van der Waals surface area (Å²) in [6.07, 6.45) is 5.99. The van der Waals surface area contributed by atoms with Crippen molar-refractivity contribution in [2.75, 3.05) is 6.54 Å². The van der Waals surface area contributed by atoms with Gasteiger partial charge in [0.25, 0.3) is 0 Å². The lowest BCUT2D eigenvalue weighted by Crippen LogP contribution is -2.16. The molecule has 17 heavy (non-hydrogen) atoms. The van der Waals surface area contributed by atoms with Crippen molar-refractivity contribution in [3.63, 3.8) is 0 Å². The largest absolute Gasteiger partial charge is 0.337 e. The minimum absolute atomic E-state index is 0.160. The molecule has 88 valence electrons. The number of hydrogen-bond acceptors (Lipinski definition) is 6. The molecular formula is C11H13N5O. The molecule has 6 heteroatoms. The molecule has 1 fully saturated rings. The van der Waals surface area contributed by atoms with E-state index in [1.54, 1.807) is 18.6 Å². The third kappa shape index (κ3) is 1.91. The number of nitrogens with one attached hydrogen (secondary N) is 1. The molecule has 0 amide bonds.